The predicted octanol–water partition coefficient (Wildman–Crippen LogP) is 3.75. The van der Waals surface area contributed by atoms with Gasteiger partial charge in [-0.1, -0.05) is 36.4 Å². The number of alkyl carbamates (subject to hydrolysis) is 1. The molecule has 1 aliphatic rings. The molecule has 2 heterocycles. The van der Waals surface area contributed by atoms with Gasteiger partial charge in [-0.15, -0.1) is 0 Å². The summed E-state index contributed by atoms with van der Waals surface area (Å²) in [6, 6.07) is 14.5. The fourth-order valence-electron chi connectivity index (χ4n) is 3.97. The summed E-state index contributed by atoms with van der Waals surface area (Å²) in [5.74, 6) is -0.252. The third-order valence-electron chi connectivity index (χ3n) is 5.30. The lowest BCUT2D eigenvalue weighted by Gasteiger charge is -2.28. The number of ether oxygens (including phenoxy) is 1. The van der Waals surface area contributed by atoms with Gasteiger partial charge in [0.25, 0.3) is 5.91 Å². The molecule has 3 aromatic rings. The number of fused-ring (bicyclic) bond motifs is 2. The van der Waals surface area contributed by atoms with Crippen LogP contribution in [0.3, 0.4) is 0 Å². The Morgan fingerprint density at radius 2 is 1.90 bits per heavy atom. The molecule has 0 aliphatic carbocycles. The summed E-state index contributed by atoms with van der Waals surface area (Å²) in [5.41, 5.74) is 2.43. The average molecular weight is 421 g/mol. The van der Waals surface area contributed by atoms with Gasteiger partial charge in [-0.05, 0) is 44.9 Å². The van der Waals surface area contributed by atoms with E-state index in [9.17, 15) is 14.7 Å². The van der Waals surface area contributed by atoms with E-state index in [-0.39, 0.29) is 12.5 Å². The van der Waals surface area contributed by atoms with Crippen molar-refractivity contribution in [2.45, 2.75) is 45.1 Å². The molecule has 2 aromatic carbocycles. The molecule has 0 fully saturated rings. The van der Waals surface area contributed by atoms with Crippen LogP contribution in [0.5, 0.6) is 0 Å². The Bertz CT molecular complexity index is 1120. The number of carbonyl (C=O) groups excluding carboxylic acids is 2. The summed E-state index contributed by atoms with van der Waals surface area (Å²) in [6.07, 6.45) is 0.771. The third kappa shape index (κ3) is 4.41. The maximum Gasteiger partial charge on any atom is 0.407 e. The van der Waals surface area contributed by atoms with Crippen molar-refractivity contribution in [2.75, 3.05) is 6.54 Å². The van der Waals surface area contributed by atoms with Gasteiger partial charge in [0.05, 0.1) is 6.04 Å². The predicted molar refractivity (Wildman–Crippen MR) is 118 cm³/mol. The molecule has 2 atom stereocenters. The minimum absolute atomic E-state index is 0.146. The van der Waals surface area contributed by atoms with E-state index < -0.39 is 24.0 Å². The highest BCUT2D eigenvalue weighted by atomic mass is 16.6. The van der Waals surface area contributed by atoms with Gasteiger partial charge in [0.1, 0.15) is 5.60 Å². The van der Waals surface area contributed by atoms with Crippen LogP contribution in [0.4, 0.5) is 4.79 Å². The Morgan fingerprint density at radius 3 is 2.65 bits per heavy atom. The number of benzene rings is 2. The van der Waals surface area contributed by atoms with Crippen LogP contribution in [-0.2, 0) is 11.2 Å². The number of carbonyl (C=O) groups is 2. The topological polar surface area (TPSA) is 94.7 Å². The maximum absolute atomic E-state index is 12.9. The largest absolute Gasteiger partial charge is 0.444 e. The molecule has 1 aliphatic heterocycles. The normalized spacial score (nSPS) is 17.0. The van der Waals surface area contributed by atoms with E-state index in [2.05, 4.69) is 10.3 Å². The van der Waals surface area contributed by atoms with Crippen molar-refractivity contribution in [3.63, 3.8) is 0 Å². The maximum atomic E-state index is 12.9. The third-order valence-corrected chi connectivity index (χ3v) is 5.30. The summed E-state index contributed by atoms with van der Waals surface area (Å²) >= 11 is 0. The molecule has 1 aromatic heterocycles. The molecule has 1 unspecified atom stereocenters. The number of aliphatic hydroxyl groups excluding tert-OH is 1. The molecule has 0 bridgehead atoms. The SMILES string of the molecule is CC(C)(C)OC(=O)N[C@@H](Cc1c[nH]c2ccccc12)CN1C(=O)c2ccccc2C1O. The zero-order chi connectivity index (χ0) is 22.2. The number of rotatable bonds is 5. The lowest BCUT2D eigenvalue weighted by atomic mass is 10.0. The summed E-state index contributed by atoms with van der Waals surface area (Å²) in [7, 11) is 0. The fraction of sp³-hybridized carbons (Fsp3) is 0.333. The van der Waals surface area contributed by atoms with Crippen LogP contribution in [0.15, 0.2) is 54.7 Å². The minimum Gasteiger partial charge on any atom is -0.444 e. The molecule has 0 radical (unpaired) electrons. The standard InChI is InChI=1S/C24H27N3O4/c1-24(2,3)31-23(30)26-16(12-15-13-25-20-11-7-6-8-17(15)20)14-27-21(28)18-9-4-5-10-19(18)22(27)29/h4-11,13,16,21,25,28H,12,14H2,1-3H3,(H,26,30)/t16-,21?/m0/s1. The van der Waals surface area contributed by atoms with E-state index in [0.29, 0.717) is 17.5 Å². The van der Waals surface area contributed by atoms with E-state index in [1.807, 2.05) is 30.5 Å². The number of amides is 2. The summed E-state index contributed by atoms with van der Waals surface area (Å²) in [6.45, 7) is 5.54. The van der Waals surface area contributed by atoms with E-state index in [1.165, 1.54) is 4.90 Å². The number of nitrogens with one attached hydrogen (secondary N) is 2. The molecule has 7 heteroatoms. The molecule has 0 saturated heterocycles. The molecule has 3 N–H and O–H groups in total. The summed E-state index contributed by atoms with van der Waals surface area (Å²) < 4.78 is 5.43. The van der Waals surface area contributed by atoms with E-state index in [1.54, 1.807) is 45.0 Å². The minimum atomic E-state index is -1.05. The van der Waals surface area contributed by atoms with Crippen LogP contribution >= 0.6 is 0 Å². The van der Waals surface area contributed by atoms with Crippen molar-refractivity contribution in [3.8, 4) is 0 Å². The van der Waals surface area contributed by atoms with Crippen molar-refractivity contribution in [3.05, 3.63) is 71.4 Å². The molecule has 4 rings (SSSR count). The second-order valence-electron chi connectivity index (χ2n) is 8.83. The monoisotopic (exact) mass is 421 g/mol. The van der Waals surface area contributed by atoms with Crippen molar-refractivity contribution in [1.29, 1.82) is 0 Å². The van der Waals surface area contributed by atoms with Gasteiger partial charge in [0.15, 0.2) is 6.23 Å². The van der Waals surface area contributed by atoms with Crippen LogP contribution in [0.2, 0.25) is 0 Å². The van der Waals surface area contributed by atoms with Gasteiger partial charge in [0, 0.05) is 34.8 Å². The Balaban J connectivity index is 1.58. The number of aliphatic hydroxyl groups is 1. The van der Waals surface area contributed by atoms with Gasteiger partial charge in [0.2, 0.25) is 0 Å². The molecule has 2 amide bonds. The second kappa shape index (κ2) is 8.07. The number of para-hydroxylation sites is 1. The van der Waals surface area contributed by atoms with Crippen molar-refractivity contribution in [2.24, 2.45) is 0 Å². The number of H-pyrrole nitrogens is 1. The number of hydrogen-bond donors (Lipinski definition) is 3. The quantitative estimate of drug-likeness (QED) is 0.585. The molecule has 162 valence electrons. The van der Waals surface area contributed by atoms with E-state index in [0.717, 1.165) is 16.5 Å². The van der Waals surface area contributed by atoms with Crippen LogP contribution in [0.1, 0.15) is 48.5 Å². The Morgan fingerprint density at radius 1 is 1.19 bits per heavy atom. The highest BCUT2D eigenvalue weighted by molar-refractivity contribution is 5.99. The van der Waals surface area contributed by atoms with Gasteiger partial charge >= 0.3 is 6.09 Å². The highest BCUT2D eigenvalue weighted by Crippen LogP contribution is 2.32. The first-order chi connectivity index (χ1) is 14.7. The molecular weight excluding hydrogens is 394 g/mol. The zero-order valence-electron chi connectivity index (χ0n) is 17.9. The van der Waals surface area contributed by atoms with Crippen LogP contribution < -0.4 is 5.32 Å². The highest BCUT2D eigenvalue weighted by Gasteiger charge is 2.37. The number of aromatic amines is 1. The van der Waals surface area contributed by atoms with Crippen LogP contribution in [0, 0.1) is 0 Å². The van der Waals surface area contributed by atoms with Crippen LogP contribution in [0.25, 0.3) is 10.9 Å². The first kappa shape index (κ1) is 20.9. The molecule has 31 heavy (non-hydrogen) atoms. The van der Waals surface area contributed by atoms with E-state index >= 15 is 0 Å². The fourth-order valence-corrected chi connectivity index (χ4v) is 3.97. The zero-order valence-corrected chi connectivity index (χ0v) is 17.9. The van der Waals surface area contributed by atoms with Gasteiger partial charge in [-0.25, -0.2) is 4.79 Å². The molecule has 0 spiro atoms. The molecule has 7 nitrogen and oxygen atoms in total. The molecule has 0 saturated carbocycles. The van der Waals surface area contributed by atoms with E-state index in [4.69, 9.17) is 4.74 Å². The summed E-state index contributed by atoms with van der Waals surface area (Å²) in [4.78, 5) is 30.0. The number of nitrogens with zero attached hydrogens (tertiary/aromatic N) is 1. The second-order valence-corrected chi connectivity index (χ2v) is 8.83. The van der Waals surface area contributed by atoms with Crippen molar-refractivity contribution >= 4 is 22.9 Å². The number of aromatic nitrogens is 1. The average Bonchev–Trinajstić information content (AvgIpc) is 3.22. The molecular formula is C24H27N3O4. The Labute approximate surface area is 181 Å². The first-order valence-corrected chi connectivity index (χ1v) is 10.4. The number of hydrogen-bond acceptors (Lipinski definition) is 4. The van der Waals surface area contributed by atoms with Crippen molar-refractivity contribution < 1.29 is 19.4 Å². The Kier molecular flexibility index (Phi) is 5.45. The van der Waals surface area contributed by atoms with Gasteiger partial charge in [-0.3, -0.25) is 4.79 Å². The van der Waals surface area contributed by atoms with Gasteiger partial charge in [-0.2, -0.15) is 0 Å². The Hall–Kier alpha value is -3.32. The summed E-state index contributed by atoms with van der Waals surface area (Å²) in [5, 5.41) is 14.7. The lowest BCUT2D eigenvalue weighted by Crippen LogP contribution is -2.47. The first-order valence-electron chi connectivity index (χ1n) is 10.4. The smallest absolute Gasteiger partial charge is 0.407 e. The van der Waals surface area contributed by atoms with Crippen molar-refractivity contribution in [1.82, 2.24) is 15.2 Å². The lowest BCUT2D eigenvalue weighted by molar-refractivity contribution is 0.0108. The van der Waals surface area contributed by atoms with Gasteiger partial charge < -0.3 is 25.0 Å². The van der Waals surface area contributed by atoms with Crippen LogP contribution in [-0.4, -0.2) is 45.2 Å².